The summed E-state index contributed by atoms with van der Waals surface area (Å²) in [6.07, 6.45) is -3.53. The van der Waals surface area contributed by atoms with E-state index in [1.807, 2.05) is 6.92 Å². The summed E-state index contributed by atoms with van der Waals surface area (Å²) >= 11 is 1.64. The zero-order valence-electron chi connectivity index (χ0n) is 24.7. The molecule has 0 spiro atoms. The smallest absolute Gasteiger partial charge is 0.416 e. The molecule has 41 heavy (non-hydrogen) atoms. The molecule has 0 bridgehead atoms. The lowest BCUT2D eigenvalue weighted by atomic mass is 9.87. The predicted octanol–water partition coefficient (Wildman–Crippen LogP) is 10.2. The standard InChI is InChI=1S/C34H38F3NO2S/c1-8-27(23-11-14-25(15-12-23)34(35,36)37)38-28-16-13-24(20(2)3)18-26(28)31(29(38)19-33(6,7)32(39)40)41-30-17-21(4)9-10-22(30)5/h9-18,20,27H,8,19H2,1-7H3,(H,39,40). The molecule has 1 unspecified atom stereocenters. The summed E-state index contributed by atoms with van der Waals surface area (Å²) in [5.74, 6) is -0.612. The summed E-state index contributed by atoms with van der Waals surface area (Å²) < 4.78 is 42.3. The second-order valence-electron chi connectivity index (χ2n) is 11.9. The van der Waals surface area contributed by atoms with Crippen LogP contribution >= 0.6 is 11.8 Å². The molecule has 3 nitrogen and oxygen atoms in total. The molecule has 218 valence electrons. The molecule has 0 aliphatic carbocycles. The molecule has 1 aromatic heterocycles. The number of alkyl halides is 3. The summed E-state index contributed by atoms with van der Waals surface area (Å²) in [6, 6.07) is 17.8. The molecule has 4 rings (SSSR count). The Bertz CT molecular complexity index is 1570. The Labute approximate surface area is 244 Å². The van der Waals surface area contributed by atoms with E-state index in [0.717, 1.165) is 55.2 Å². The van der Waals surface area contributed by atoms with Crippen LogP contribution < -0.4 is 0 Å². The quantitative estimate of drug-likeness (QED) is 0.214. The molecule has 0 radical (unpaired) electrons. The number of hydrogen-bond acceptors (Lipinski definition) is 2. The molecule has 4 aromatic rings. The number of aryl methyl sites for hydroxylation is 2. The van der Waals surface area contributed by atoms with Gasteiger partial charge >= 0.3 is 12.1 Å². The van der Waals surface area contributed by atoms with Crippen molar-refractivity contribution in [2.45, 2.75) is 89.2 Å². The Morgan fingerprint density at radius 3 is 2.15 bits per heavy atom. The van der Waals surface area contributed by atoms with E-state index in [0.29, 0.717) is 6.42 Å². The Morgan fingerprint density at radius 2 is 1.59 bits per heavy atom. The molecule has 0 amide bonds. The monoisotopic (exact) mass is 581 g/mol. The number of carbonyl (C=O) groups is 1. The molecule has 0 saturated heterocycles. The van der Waals surface area contributed by atoms with Crippen LogP contribution in [0.15, 0.2) is 70.5 Å². The second kappa shape index (κ2) is 11.6. The molecular formula is C34H38F3NO2S. The average molecular weight is 582 g/mol. The third kappa shape index (κ3) is 6.35. The van der Waals surface area contributed by atoms with Crippen LogP contribution in [0.1, 0.15) is 86.5 Å². The Morgan fingerprint density at radius 1 is 0.951 bits per heavy atom. The van der Waals surface area contributed by atoms with Gasteiger partial charge in [-0.1, -0.05) is 62.9 Å². The number of rotatable bonds is 9. The van der Waals surface area contributed by atoms with Crippen molar-refractivity contribution in [2.24, 2.45) is 5.41 Å². The van der Waals surface area contributed by atoms with Gasteiger partial charge in [-0.05, 0) is 92.6 Å². The maximum atomic E-state index is 13.4. The maximum Gasteiger partial charge on any atom is 0.416 e. The number of halogens is 3. The highest BCUT2D eigenvalue weighted by atomic mass is 32.2. The van der Waals surface area contributed by atoms with Crippen molar-refractivity contribution < 1.29 is 23.1 Å². The molecular weight excluding hydrogens is 543 g/mol. The van der Waals surface area contributed by atoms with E-state index in [-0.39, 0.29) is 18.4 Å². The number of carboxylic acids is 1. The van der Waals surface area contributed by atoms with Crippen molar-refractivity contribution in [2.75, 3.05) is 0 Å². The first-order chi connectivity index (χ1) is 19.1. The Hall–Kier alpha value is -3.19. The minimum Gasteiger partial charge on any atom is -0.481 e. The molecule has 0 saturated carbocycles. The lowest BCUT2D eigenvalue weighted by Gasteiger charge is -2.27. The van der Waals surface area contributed by atoms with Crippen molar-refractivity contribution in [3.05, 3.63) is 94.2 Å². The summed E-state index contributed by atoms with van der Waals surface area (Å²) in [6.45, 7) is 13.9. The lowest BCUT2D eigenvalue weighted by Crippen LogP contribution is -2.28. The minimum absolute atomic E-state index is 0.262. The van der Waals surface area contributed by atoms with Gasteiger partial charge in [-0.3, -0.25) is 4.79 Å². The SMILES string of the molecule is CCC(c1ccc(C(F)(F)F)cc1)n1c(CC(C)(C)C(=O)O)c(Sc2cc(C)ccc2C)c2cc(C(C)C)ccc21. The molecule has 0 fully saturated rings. The predicted molar refractivity (Wildman–Crippen MR) is 161 cm³/mol. The van der Waals surface area contributed by atoms with Gasteiger partial charge in [0.2, 0.25) is 0 Å². The summed E-state index contributed by atoms with van der Waals surface area (Å²) in [5, 5.41) is 11.2. The molecule has 7 heteroatoms. The van der Waals surface area contributed by atoms with E-state index in [1.54, 1.807) is 37.7 Å². The van der Waals surface area contributed by atoms with Gasteiger partial charge in [-0.25, -0.2) is 0 Å². The van der Waals surface area contributed by atoms with Gasteiger partial charge in [0, 0.05) is 32.8 Å². The number of hydrogen-bond donors (Lipinski definition) is 1. The molecule has 3 aromatic carbocycles. The molecule has 0 aliphatic rings. The highest BCUT2D eigenvalue weighted by Gasteiger charge is 2.34. The van der Waals surface area contributed by atoms with Crippen LogP contribution in [-0.4, -0.2) is 15.6 Å². The van der Waals surface area contributed by atoms with E-state index < -0.39 is 23.1 Å². The van der Waals surface area contributed by atoms with E-state index >= 15 is 0 Å². The number of benzene rings is 3. The van der Waals surface area contributed by atoms with E-state index in [1.165, 1.54) is 5.56 Å². The fraction of sp³-hybridized carbons (Fsp3) is 0.382. The molecule has 1 atom stereocenters. The fourth-order valence-corrected chi connectivity index (χ4v) is 6.49. The fourth-order valence-electron chi connectivity index (χ4n) is 5.23. The van der Waals surface area contributed by atoms with Gasteiger partial charge in [0.25, 0.3) is 0 Å². The Kier molecular flexibility index (Phi) is 8.70. The van der Waals surface area contributed by atoms with E-state index in [4.69, 9.17) is 0 Å². The van der Waals surface area contributed by atoms with Gasteiger partial charge in [-0.15, -0.1) is 0 Å². The topological polar surface area (TPSA) is 42.2 Å². The van der Waals surface area contributed by atoms with Gasteiger partial charge < -0.3 is 9.67 Å². The summed E-state index contributed by atoms with van der Waals surface area (Å²) in [4.78, 5) is 14.5. The van der Waals surface area contributed by atoms with Gasteiger partial charge in [0.05, 0.1) is 17.0 Å². The molecule has 0 aliphatic heterocycles. The normalized spacial score (nSPS) is 13.2. The lowest BCUT2D eigenvalue weighted by molar-refractivity contribution is -0.147. The van der Waals surface area contributed by atoms with Crippen LogP contribution in [0.4, 0.5) is 13.2 Å². The summed E-state index contributed by atoms with van der Waals surface area (Å²) in [7, 11) is 0. The molecule has 1 N–H and O–H groups in total. The second-order valence-corrected chi connectivity index (χ2v) is 12.9. The maximum absolute atomic E-state index is 13.4. The number of aliphatic carboxylic acids is 1. The zero-order chi connectivity index (χ0) is 30.3. The minimum atomic E-state index is -4.42. The summed E-state index contributed by atoms with van der Waals surface area (Å²) in [5.41, 5.74) is 4.26. The molecule has 1 heterocycles. The van der Waals surface area contributed by atoms with Crippen LogP contribution in [0.5, 0.6) is 0 Å². The van der Waals surface area contributed by atoms with Crippen LogP contribution in [-0.2, 0) is 17.4 Å². The number of aromatic nitrogens is 1. The van der Waals surface area contributed by atoms with Gasteiger partial charge in [0.1, 0.15) is 0 Å². The first kappa shape index (κ1) is 30.8. The highest BCUT2D eigenvalue weighted by molar-refractivity contribution is 7.99. The number of carboxylic acid groups (broad SMARTS) is 1. The van der Waals surface area contributed by atoms with Gasteiger partial charge in [0.15, 0.2) is 0 Å². The Balaban J connectivity index is 2.05. The van der Waals surface area contributed by atoms with Crippen molar-refractivity contribution in [1.82, 2.24) is 4.57 Å². The first-order valence-electron chi connectivity index (χ1n) is 14.0. The van der Waals surface area contributed by atoms with Crippen molar-refractivity contribution in [1.29, 1.82) is 0 Å². The average Bonchev–Trinajstić information content (AvgIpc) is 3.18. The third-order valence-corrected chi connectivity index (χ3v) is 9.13. The van der Waals surface area contributed by atoms with Crippen molar-refractivity contribution >= 4 is 28.6 Å². The van der Waals surface area contributed by atoms with Crippen LogP contribution in [0.3, 0.4) is 0 Å². The van der Waals surface area contributed by atoms with Crippen LogP contribution in [0, 0.1) is 19.3 Å². The van der Waals surface area contributed by atoms with E-state index in [2.05, 4.69) is 68.7 Å². The van der Waals surface area contributed by atoms with Crippen LogP contribution in [0.2, 0.25) is 0 Å². The largest absolute Gasteiger partial charge is 0.481 e. The number of nitrogens with zero attached hydrogens (tertiary/aromatic N) is 1. The van der Waals surface area contributed by atoms with Crippen LogP contribution in [0.25, 0.3) is 10.9 Å². The first-order valence-corrected chi connectivity index (χ1v) is 14.8. The highest BCUT2D eigenvalue weighted by Crippen LogP contribution is 2.45. The van der Waals surface area contributed by atoms with Crippen molar-refractivity contribution in [3.63, 3.8) is 0 Å². The number of fused-ring (bicyclic) bond motifs is 1. The zero-order valence-corrected chi connectivity index (χ0v) is 25.5. The third-order valence-electron chi connectivity index (χ3n) is 7.81. The van der Waals surface area contributed by atoms with Crippen molar-refractivity contribution in [3.8, 4) is 0 Å². The van der Waals surface area contributed by atoms with Gasteiger partial charge in [-0.2, -0.15) is 13.2 Å². The van der Waals surface area contributed by atoms with E-state index in [9.17, 15) is 23.1 Å².